The molecule has 6 rings (SSSR count). The van der Waals surface area contributed by atoms with Gasteiger partial charge < -0.3 is 0 Å². The van der Waals surface area contributed by atoms with Crippen molar-refractivity contribution in [1.29, 1.82) is 0 Å². The minimum absolute atomic E-state index is 0.260. The molecule has 154 valence electrons. The zero-order valence-corrected chi connectivity index (χ0v) is 17.8. The summed E-state index contributed by atoms with van der Waals surface area (Å²) in [7, 11) is 0. The number of rotatable bonds is 1. The van der Waals surface area contributed by atoms with E-state index in [9.17, 15) is 9.59 Å². The van der Waals surface area contributed by atoms with Gasteiger partial charge in [0.1, 0.15) is 16.7 Å². The second kappa shape index (κ2) is 6.41. The number of aromatic nitrogens is 2. The topological polar surface area (TPSA) is 55.2 Å². The van der Waals surface area contributed by atoms with E-state index in [1.54, 1.807) is 18.0 Å². The molecule has 2 aromatic carbocycles. The van der Waals surface area contributed by atoms with Gasteiger partial charge in [-0.1, -0.05) is 54.1 Å². The van der Waals surface area contributed by atoms with Crippen LogP contribution in [0.5, 0.6) is 0 Å². The fourth-order valence-corrected chi connectivity index (χ4v) is 5.86. The number of nitrogens with zero attached hydrogens (tertiary/aromatic N) is 3. The third-order valence-corrected chi connectivity index (χ3v) is 7.27. The Morgan fingerprint density at radius 2 is 1.87 bits per heavy atom. The van der Waals surface area contributed by atoms with Gasteiger partial charge in [0.2, 0.25) is 0 Å². The molecule has 0 radical (unpaired) electrons. The second-order valence-corrected chi connectivity index (χ2v) is 8.80. The monoisotopic (exact) mass is 429 g/mol. The van der Waals surface area contributed by atoms with E-state index in [2.05, 4.69) is 23.2 Å². The van der Waals surface area contributed by atoms with Crippen molar-refractivity contribution in [1.82, 2.24) is 9.66 Å². The maximum absolute atomic E-state index is 13.6. The van der Waals surface area contributed by atoms with Crippen LogP contribution in [0.3, 0.4) is 0 Å². The normalized spacial score (nSPS) is 24.4. The van der Waals surface area contributed by atoms with Crippen molar-refractivity contribution in [2.24, 2.45) is 0 Å². The molecule has 1 aromatic heterocycles. The average Bonchev–Trinajstić information content (AvgIpc) is 2.80. The molecule has 3 aromatic rings. The van der Waals surface area contributed by atoms with Crippen LogP contribution >= 0.6 is 11.6 Å². The van der Waals surface area contributed by atoms with Crippen LogP contribution in [0, 0.1) is 6.92 Å². The van der Waals surface area contributed by atoms with Crippen LogP contribution < -0.4 is 10.6 Å². The molecule has 31 heavy (non-hydrogen) atoms. The minimum atomic E-state index is -0.918. The van der Waals surface area contributed by atoms with Gasteiger partial charge in [-0.25, -0.2) is 9.99 Å². The Balaban J connectivity index is 1.69. The van der Waals surface area contributed by atoms with Gasteiger partial charge in [0, 0.05) is 0 Å². The summed E-state index contributed by atoms with van der Waals surface area (Å²) in [5.41, 5.74) is 3.90. The van der Waals surface area contributed by atoms with Gasteiger partial charge >= 0.3 is 0 Å². The first-order chi connectivity index (χ1) is 15.0. The van der Waals surface area contributed by atoms with Gasteiger partial charge in [0.15, 0.2) is 0 Å². The highest BCUT2D eigenvalue weighted by Crippen LogP contribution is 2.55. The van der Waals surface area contributed by atoms with Gasteiger partial charge in [-0.2, -0.15) is 4.68 Å². The Morgan fingerprint density at radius 1 is 1.10 bits per heavy atom. The van der Waals surface area contributed by atoms with Gasteiger partial charge in [0.05, 0.1) is 10.9 Å². The van der Waals surface area contributed by atoms with Crippen molar-refractivity contribution in [3.63, 3.8) is 0 Å². The fourth-order valence-electron chi connectivity index (χ4n) is 5.44. The summed E-state index contributed by atoms with van der Waals surface area (Å²) in [6, 6.07) is 15.3. The van der Waals surface area contributed by atoms with Crippen molar-refractivity contribution in [3.05, 3.63) is 99.1 Å². The molecular formula is C25H20ClN3O2. The lowest BCUT2D eigenvalue weighted by molar-refractivity contribution is -0.129. The molecule has 2 heterocycles. The Bertz CT molecular complexity index is 1400. The van der Waals surface area contributed by atoms with Crippen molar-refractivity contribution in [3.8, 4) is 0 Å². The van der Waals surface area contributed by atoms with Crippen molar-refractivity contribution in [2.75, 3.05) is 5.01 Å². The van der Waals surface area contributed by atoms with Crippen molar-refractivity contribution in [2.45, 2.75) is 37.1 Å². The summed E-state index contributed by atoms with van der Waals surface area (Å²) in [6.07, 6.45) is 6.96. The third kappa shape index (κ3) is 2.24. The van der Waals surface area contributed by atoms with E-state index in [4.69, 9.17) is 11.6 Å². The summed E-state index contributed by atoms with van der Waals surface area (Å²) in [4.78, 5) is 31.5. The molecular weight excluding hydrogens is 410 g/mol. The highest BCUT2D eigenvalue weighted by Gasteiger charge is 2.66. The number of benzene rings is 2. The predicted octanol–water partition coefficient (Wildman–Crippen LogP) is 3.89. The number of halogens is 1. The van der Waals surface area contributed by atoms with Gasteiger partial charge in [-0.05, 0) is 55.0 Å². The smallest absolute Gasteiger partial charge is 0.271 e. The fraction of sp³-hybridized carbons (Fsp3) is 0.240. The Labute approximate surface area is 184 Å². The summed E-state index contributed by atoms with van der Waals surface area (Å²) >= 11 is 6.86. The van der Waals surface area contributed by atoms with E-state index in [0.717, 1.165) is 36.0 Å². The van der Waals surface area contributed by atoms with Gasteiger partial charge in [0.25, 0.3) is 11.5 Å². The molecule has 1 fully saturated rings. The van der Waals surface area contributed by atoms with Crippen LogP contribution in [0.2, 0.25) is 0 Å². The van der Waals surface area contributed by atoms with Crippen LogP contribution in [-0.4, -0.2) is 20.9 Å². The molecule has 0 N–H and O–H groups in total. The van der Waals surface area contributed by atoms with Crippen LogP contribution in [0.15, 0.2) is 76.6 Å². The predicted molar refractivity (Wildman–Crippen MR) is 121 cm³/mol. The van der Waals surface area contributed by atoms with E-state index in [-0.39, 0.29) is 11.5 Å². The van der Waals surface area contributed by atoms with E-state index in [0.29, 0.717) is 16.7 Å². The van der Waals surface area contributed by atoms with Gasteiger partial charge in [-0.15, -0.1) is 11.6 Å². The zero-order chi connectivity index (χ0) is 21.3. The largest absolute Gasteiger partial charge is 0.280 e. The second-order valence-electron chi connectivity index (χ2n) is 8.36. The maximum Gasteiger partial charge on any atom is 0.280 e. The molecule has 1 spiro atoms. The summed E-state index contributed by atoms with van der Waals surface area (Å²) < 4.78 is 1.43. The lowest BCUT2D eigenvalue weighted by atomic mass is 9.64. The third-order valence-electron chi connectivity index (χ3n) is 6.76. The molecule has 3 aliphatic rings. The standard InChI is InChI=1S/C25H20ClN3O2/c1-15-27-21-13-7-4-10-18(21)23(30)28(15)29-24(31)22(26)25(29)19-11-5-2-8-16(19)14-17-9-3-6-12-20(17)25/h2,4-8,10-13,22H,3,9,14H2,1H3. The number of amides is 1. The number of alkyl halides is 1. The molecule has 1 saturated heterocycles. The molecule has 1 aliphatic heterocycles. The quantitative estimate of drug-likeness (QED) is 0.435. The van der Waals surface area contributed by atoms with E-state index in [1.807, 2.05) is 36.4 Å². The first-order valence-electron chi connectivity index (χ1n) is 10.5. The number of hydrogen-bond acceptors (Lipinski definition) is 3. The van der Waals surface area contributed by atoms with E-state index >= 15 is 0 Å². The van der Waals surface area contributed by atoms with Crippen LogP contribution in [0.4, 0.5) is 0 Å². The number of carbonyl (C=O) groups is 1. The Kier molecular flexibility index (Phi) is 3.84. The minimum Gasteiger partial charge on any atom is -0.271 e. The zero-order valence-electron chi connectivity index (χ0n) is 17.0. The summed E-state index contributed by atoms with van der Waals surface area (Å²) in [5.74, 6) is 0.177. The highest BCUT2D eigenvalue weighted by atomic mass is 35.5. The van der Waals surface area contributed by atoms with Crippen LogP contribution in [-0.2, 0) is 16.8 Å². The molecule has 2 aliphatic carbocycles. The highest BCUT2D eigenvalue weighted by molar-refractivity contribution is 6.37. The molecule has 6 heteroatoms. The number of carbonyl (C=O) groups excluding carboxylic acids is 1. The van der Waals surface area contributed by atoms with Gasteiger partial charge in [-0.3, -0.25) is 9.59 Å². The van der Waals surface area contributed by atoms with Crippen LogP contribution in [0.1, 0.15) is 29.8 Å². The van der Waals surface area contributed by atoms with Crippen molar-refractivity contribution >= 4 is 28.4 Å². The molecule has 0 bridgehead atoms. The Hall–Kier alpha value is -3.18. The maximum atomic E-state index is 13.6. The molecule has 1 amide bonds. The van der Waals surface area contributed by atoms with E-state index in [1.165, 1.54) is 10.2 Å². The number of aryl methyl sites for hydroxylation is 1. The molecule has 2 unspecified atom stereocenters. The van der Waals surface area contributed by atoms with E-state index < -0.39 is 10.9 Å². The van der Waals surface area contributed by atoms with Crippen molar-refractivity contribution < 1.29 is 4.79 Å². The average molecular weight is 430 g/mol. The SMILES string of the molecule is Cc1nc2ccccc2c(=O)n1N1C(=O)C(Cl)C12C1=C(CCC=C1)Cc1ccccc12. The summed E-state index contributed by atoms with van der Waals surface area (Å²) in [5, 5.41) is 1.25. The molecule has 0 saturated carbocycles. The number of β-lactam (4-membered cyclic amide) rings is 1. The number of allylic oxidation sites excluding steroid dienone is 2. The molecule has 5 nitrogen and oxygen atoms in total. The lowest BCUT2D eigenvalue weighted by Crippen LogP contribution is -2.77. The number of para-hydroxylation sites is 1. The van der Waals surface area contributed by atoms with Crippen LogP contribution in [0.25, 0.3) is 10.9 Å². The number of fused-ring (bicyclic) bond motifs is 4. The number of hydrogen-bond donors (Lipinski definition) is 0. The first kappa shape index (κ1) is 18.6. The lowest BCUT2D eigenvalue weighted by Gasteiger charge is -2.58. The molecule has 2 atom stereocenters. The summed E-state index contributed by atoms with van der Waals surface area (Å²) in [6.45, 7) is 1.76. The first-order valence-corrected chi connectivity index (χ1v) is 10.9. The Morgan fingerprint density at radius 3 is 2.74 bits per heavy atom.